The average molecular weight is 438 g/mol. The van der Waals surface area contributed by atoms with Gasteiger partial charge in [0.05, 0.1) is 6.26 Å². The van der Waals surface area contributed by atoms with Crippen molar-refractivity contribution in [2.45, 2.75) is 19.8 Å². The van der Waals surface area contributed by atoms with Crippen molar-refractivity contribution in [3.63, 3.8) is 0 Å². The van der Waals surface area contributed by atoms with Crippen LogP contribution in [0.5, 0.6) is 0 Å². The molecular formula is C23H26N4O5. The van der Waals surface area contributed by atoms with Crippen LogP contribution in [0, 0.1) is 5.92 Å². The number of carbonyl (C=O) groups is 4. The molecule has 0 radical (unpaired) electrons. The predicted octanol–water partition coefficient (Wildman–Crippen LogP) is 2.24. The third kappa shape index (κ3) is 6.83. The third-order valence-electron chi connectivity index (χ3n) is 5.08. The van der Waals surface area contributed by atoms with Crippen LogP contribution in [0.4, 0.5) is 11.4 Å². The summed E-state index contributed by atoms with van der Waals surface area (Å²) in [6, 6.07) is 10.00. The molecule has 32 heavy (non-hydrogen) atoms. The van der Waals surface area contributed by atoms with Crippen LogP contribution in [0.1, 0.15) is 25.5 Å². The molecule has 0 saturated carbocycles. The summed E-state index contributed by atoms with van der Waals surface area (Å²) in [6.45, 7) is 2.96. The molecule has 0 aliphatic carbocycles. The van der Waals surface area contributed by atoms with Gasteiger partial charge < -0.3 is 25.3 Å². The molecule has 0 atom stereocenters. The second-order valence-corrected chi connectivity index (χ2v) is 7.54. The highest BCUT2D eigenvalue weighted by atomic mass is 16.3. The van der Waals surface area contributed by atoms with Crippen molar-refractivity contribution in [1.29, 1.82) is 0 Å². The summed E-state index contributed by atoms with van der Waals surface area (Å²) in [6.07, 6.45) is 6.17. The minimum Gasteiger partial charge on any atom is -0.465 e. The van der Waals surface area contributed by atoms with Gasteiger partial charge in [0.25, 0.3) is 0 Å². The Bertz CT molecular complexity index is 974. The number of furan rings is 1. The van der Waals surface area contributed by atoms with E-state index >= 15 is 0 Å². The van der Waals surface area contributed by atoms with Crippen LogP contribution in [-0.2, 0) is 19.2 Å². The second-order valence-electron chi connectivity index (χ2n) is 7.54. The molecule has 1 aromatic carbocycles. The summed E-state index contributed by atoms with van der Waals surface area (Å²) in [4.78, 5) is 49.3. The Morgan fingerprint density at radius 1 is 1.00 bits per heavy atom. The van der Waals surface area contributed by atoms with E-state index in [0.29, 0.717) is 36.8 Å². The highest BCUT2D eigenvalue weighted by molar-refractivity contribution is 6.39. The molecule has 1 fully saturated rings. The third-order valence-corrected chi connectivity index (χ3v) is 5.08. The molecule has 1 aliphatic heterocycles. The van der Waals surface area contributed by atoms with Crippen molar-refractivity contribution in [2.24, 2.45) is 5.92 Å². The number of carbonyl (C=O) groups excluding carboxylic acids is 4. The van der Waals surface area contributed by atoms with Crippen molar-refractivity contribution in [2.75, 3.05) is 30.3 Å². The summed E-state index contributed by atoms with van der Waals surface area (Å²) >= 11 is 0. The molecule has 9 heteroatoms. The van der Waals surface area contributed by atoms with E-state index in [1.54, 1.807) is 53.6 Å². The zero-order chi connectivity index (χ0) is 22.9. The van der Waals surface area contributed by atoms with E-state index in [-0.39, 0.29) is 17.7 Å². The molecule has 3 N–H and O–H groups in total. The summed E-state index contributed by atoms with van der Waals surface area (Å²) in [5, 5.41) is 7.81. The van der Waals surface area contributed by atoms with E-state index < -0.39 is 11.8 Å². The van der Waals surface area contributed by atoms with Crippen molar-refractivity contribution >= 4 is 41.1 Å². The Hall–Kier alpha value is -3.88. The van der Waals surface area contributed by atoms with Gasteiger partial charge in [-0.15, -0.1) is 0 Å². The lowest BCUT2D eigenvalue weighted by Gasteiger charge is -2.31. The molecular weight excluding hydrogens is 412 g/mol. The fourth-order valence-corrected chi connectivity index (χ4v) is 3.35. The van der Waals surface area contributed by atoms with Crippen molar-refractivity contribution in [3.05, 3.63) is 54.5 Å². The predicted molar refractivity (Wildman–Crippen MR) is 119 cm³/mol. The smallest absolute Gasteiger partial charge is 0.313 e. The number of amides is 4. The molecule has 9 nitrogen and oxygen atoms in total. The van der Waals surface area contributed by atoms with Gasteiger partial charge >= 0.3 is 11.8 Å². The van der Waals surface area contributed by atoms with Gasteiger partial charge in [-0.25, -0.2) is 0 Å². The fourth-order valence-electron chi connectivity index (χ4n) is 3.35. The Morgan fingerprint density at radius 3 is 2.25 bits per heavy atom. The summed E-state index contributed by atoms with van der Waals surface area (Å²) < 4.78 is 5.17. The molecule has 2 heterocycles. The SMILES string of the molecule is CC(=O)Nc1ccc(NC(=O)C(=O)NCC2CCN(C(=O)/C=C/c3ccco3)CC2)cc1. The normalized spacial score (nSPS) is 14.2. The molecule has 3 rings (SSSR count). The van der Waals surface area contributed by atoms with E-state index in [2.05, 4.69) is 16.0 Å². The van der Waals surface area contributed by atoms with Crippen LogP contribution in [0.15, 0.2) is 53.2 Å². The highest BCUT2D eigenvalue weighted by Crippen LogP contribution is 2.17. The number of hydrogen-bond donors (Lipinski definition) is 3. The van der Waals surface area contributed by atoms with Crippen molar-refractivity contribution in [3.8, 4) is 0 Å². The van der Waals surface area contributed by atoms with Crippen LogP contribution in [0.25, 0.3) is 6.08 Å². The minimum atomic E-state index is -0.757. The number of nitrogens with zero attached hydrogens (tertiary/aromatic N) is 1. The maximum absolute atomic E-state index is 12.3. The number of anilines is 2. The molecule has 168 valence electrons. The van der Waals surface area contributed by atoms with Gasteiger partial charge in [-0.1, -0.05) is 0 Å². The highest BCUT2D eigenvalue weighted by Gasteiger charge is 2.23. The first-order valence-electron chi connectivity index (χ1n) is 10.4. The van der Waals surface area contributed by atoms with Crippen LogP contribution in [-0.4, -0.2) is 48.2 Å². The zero-order valence-corrected chi connectivity index (χ0v) is 17.8. The lowest BCUT2D eigenvalue weighted by atomic mass is 9.96. The first-order chi connectivity index (χ1) is 15.4. The lowest BCUT2D eigenvalue weighted by Crippen LogP contribution is -2.43. The lowest BCUT2D eigenvalue weighted by molar-refractivity contribution is -0.136. The van der Waals surface area contributed by atoms with E-state index in [4.69, 9.17) is 4.42 Å². The number of hydrogen-bond acceptors (Lipinski definition) is 5. The molecule has 4 amide bonds. The number of piperidine rings is 1. The Morgan fingerprint density at radius 2 is 1.66 bits per heavy atom. The Kier molecular flexibility index (Phi) is 7.80. The van der Waals surface area contributed by atoms with Gasteiger partial charge in [0.15, 0.2) is 0 Å². The van der Waals surface area contributed by atoms with Crippen LogP contribution in [0.3, 0.4) is 0 Å². The topological polar surface area (TPSA) is 121 Å². The maximum Gasteiger partial charge on any atom is 0.313 e. The molecule has 1 aliphatic rings. The number of benzene rings is 1. The zero-order valence-electron chi connectivity index (χ0n) is 17.8. The quantitative estimate of drug-likeness (QED) is 0.472. The summed E-state index contributed by atoms with van der Waals surface area (Å²) in [5.74, 6) is -0.919. The molecule has 0 bridgehead atoms. The monoisotopic (exact) mass is 438 g/mol. The standard InChI is InChI=1S/C23H26N4O5/c1-16(28)25-18-4-6-19(7-5-18)26-23(31)22(30)24-15-17-10-12-27(13-11-17)21(29)9-8-20-3-2-14-32-20/h2-9,14,17H,10-13,15H2,1H3,(H,24,30)(H,25,28)(H,26,31)/b9-8+. The molecule has 0 unspecified atom stereocenters. The summed E-state index contributed by atoms with van der Waals surface area (Å²) in [5.41, 5.74) is 1.05. The first kappa shape index (κ1) is 22.8. The molecule has 1 aromatic heterocycles. The van der Waals surface area contributed by atoms with Gasteiger partial charge in [0.1, 0.15) is 5.76 Å². The van der Waals surface area contributed by atoms with Gasteiger partial charge in [-0.05, 0) is 61.2 Å². The van der Waals surface area contributed by atoms with Crippen LogP contribution < -0.4 is 16.0 Å². The van der Waals surface area contributed by atoms with Gasteiger partial charge in [-0.3, -0.25) is 19.2 Å². The van der Waals surface area contributed by atoms with Gasteiger partial charge in [0, 0.05) is 44.0 Å². The van der Waals surface area contributed by atoms with Crippen LogP contribution >= 0.6 is 0 Å². The molecule has 1 saturated heterocycles. The number of nitrogens with one attached hydrogen (secondary N) is 3. The first-order valence-corrected chi connectivity index (χ1v) is 10.4. The van der Waals surface area contributed by atoms with Crippen LogP contribution in [0.2, 0.25) is 0 Å². The second kappa shape index (κ2) is 10.9. The average Bonchev–Trinajstić information content (AvgIpc) is 3.31. The number of likely N-dealkylation sites (tertiary alicyclic amines) is 1. The van der Waals surface area contributed by atoms with E-state index in [0.717, 1.165) is 12.8 Å². The maximum atomic E-state index is 12.3. The van der Waals surface area contributed by atoms with Gasteiger partial charge in [-0.2, -0.15) is 0 Å². The number of rotatable bonds is 6. The van der Waals surface area contributed by atoms with E-state index in [1.165, 1.54) is 13.0 Å². The Balaban J connectivity index is 1.37. The molecule has 0 spiro atoms. The minimum absolute atomic E-state index is 0.0761. The van der Waals surface area contributed by atoms with E-state index in [9.17, 15) is 19.2 Å². The van der Waals surface area contributed by atoms with Crippen molar-refractivity contribution in [1.82, 2.24) is 10.2 Å². The fraction of sp³-hybridized carbons (Fsp3) is 0.304. The van der Waals surface area contributed by atoms with Gasteiger partial charge in [0.2, 0.25) is 11.8 Å². The van der Waals surface area contributed by atoms with Crippen molar-refractivity contribution < 1.29 is 23.6 Å². The molecule has 2 aromatic rings. The summed E-state index contributed by atoms with van der Waals surface area (Å²) in [7, 11) is 0. The largest absolute Gasteiger partial charge is 0.465 e. The van der Waals surface area contributed by atoms with E-state index in [1.807, 2.05) is 0 Å². The Labute approximate surface area is 185 Å².